The molecule has 0 saturated heterocycles. The molecule has 2 aromatic rings. The van der Waals surface area contributed by atoms with Crippen LogP contribution in [0.15, 0.2) is 41.1 Å². The summed E-state index contributed by atoms with van der Waals surface area (Å²) in [6.07, 6.45) is 3.10. The van der Waals surface area contributed by atoms with Crippen molar-refractivity contribution >= 4 is 21.6 Å². The van der Waals surface area contributed by atoms with Gasteiger partial charge in [0.25, 0.3) is 0 Å². The second-order valence-corrected chi connectivity index (χ2v) is 4.32. The first-order valence-electron chi connectivity index (χ1n) is 5.34. The summed E-state index contributed by atoms with van der Waals surface area (Å²) in [5.41, 5.74) is 1.78. The standard InChI is InChI=1S/C7H6N2O.C6H6BrNO/c1-8-6-2-3-7(5-10)9-4-6;7-5-1-2-6(4-9)8-3-5/h2-4,10H,5H2;1-3,9H,4H2. The van der Waals surface area contributed by atoms with Crippen LogP contribution in [0, 0.1) is 6.57 Å². The first kappa shape index (κ1) is 15.2. The summed E-state index contributed by atoms with van der Waals surface area (Å²) in [7, 11) is 0. The summed E-state index contributed by atoms with van der Waals surface area (Å²) in [6.45, 7) is 6.53. The Morgan fingerprint density at radius 2 is 1.58 bits per heavy atom. The second kappa shape index (κ2) is 8.32. The molecule has 0 atom stereocenters. The Hall–Kier alpha value is -1.81. The number of nitrogens with zero attached hydrogens (tertiary/aromatic N) is 3. The molecule has 6 heteroatoms. The molecule has 0 aliphatic rings. The predicted molar refractivity (Wildman–Crippen MR) is 74.3 cm³/mol. The fourth-order valence-electron chi connectivity index (χ4n) is 1.08. The van der Waals surface area contributed by atoms with E-state index in [0.717, 1.165) is 4.47 Å². The van der Waals surface area contributed by atoms with Gasteiger partial charge in [-0.3, -0.25) is 9.97 Å². The molecule has 0 bridgehead atoms. The molecule has 98 valence electrons. The van der Waals surface area contributed by atoms with Gasteiger partial charge in [-0.2, -0.15) is 0 Å². The quantitative estimate of drug-likeness (QED) is 0.833. The van der Waals surface area contributed by atoms with Gasteiger partial charge in [-0.1, -0.05) is 6.07 Å². The van der Waals surface area contributed by atoms with Gasteiger partial charge < -0.3 is 10.2 Å². The van der Waals surface area contributed by atoms with Gasteiger partial charge in [0.1, 0.15) is 0 Å². The summed E-state index contributed by atoms with van der Waals surface area (Å²) in [5.74, 6) is 0. The first-order valence-corrected chi connectivity index (χ1v) is 6.13. The second-order valence-electron chi connectivity index (χ2n) is 3.40. The van der Waals surface area contributed by atoms with E-state index >= 15 is 0 Å². The Balaban J connectivity index is 0.000000191. The number of halogens is 1. The summed E-state index contributed by atoms with van der Waals surface area (Å²) in [6, 6.07) is 6.88. The molecule has 0 aromatic carbocycles. The molecule has 0 unspecified atom stereocenters. The van der Waals surface area contributed by atoms with Gasteiger partial charge in [0, 0.05) is 16.9 Å². The van der Waals surface area contributed by atoms with Crippen LogP contribution in [0.5, 0.6) is 0 Å². The fraction of sp³-hybridized carbons (Fsp3) is 0.154. The van der Waals surface area contributed by atoms with Crippen molar-refractivity contribution in [2.75, 3.05) is 0 Å². The van der Waals surface area contributed by atoms with E-state index in [4.69, 9.17) is 16.8 Å². The summed E-state index contributed by atoms with van der Waals surface area (Å²) < 4.78 is 0.930. The molecular formula is C13H12BrN3O2. The van der Waals surface area contributed by atoms with Crippen LogP contribution in [0.4, 0.5) is 5.69 Å². The van der Waals surface area contributed by atoms with Crippen LogP contribution < -0.4 is 0 Å². The Labute approximate surface area is 119 Å². The Kier molecular flexibility index (Phi) is 6.68. The summed E-state index contributed by atoms with van der Waals surface area (Å²) in [4.78, 5) is 10.9. The Bertz CT molecular complexity index is 535. The first-order chi connectivity index (χ1) is 9.19. The number of rotatable bonds is 2. The molecule has 0 radical (unpaired) electrons. The van der Waals surface area contributed by atoms with Crippen molar-refractivity contribution in [2.45, 2.75) is 13.2 Å². The molecular weight excluding hydrogens is 310 g/mol. The summed E-state index contributed by atoms with van der Waals surface area (Å²) >= 11 is 3.23. The lowest BCUT2D eigenvalue weighted by Gasteiger charge is -1.92. The average Bonchev–Trinajstić information content (AvgIpc) is 2.49. The van der Waals surface area contributed by atoms with Crippen LogP contribution in [0.25, 0.3) is 4.85 Å². The normalized spacial score (nSPS) is 9.16. The van der Waals surface area contributed by atoms with Gasteiger partial charge in [-0.15, -0.1) is 0 Å². The monoisotopic (exact) mass is 321 g/mol. The fourth-order valence-corrected chi connectivity index (χ4v) is 1.31. The molecule has 0 amide bonds. The molecule has 2 rings (SSSR count). The van der Waals surface area contributed by atoms with Crippen LogP contribution in [-0.2, 0) is 13.2 Å². The number of pyridine rings is 2. The molecule has 2 N–H and O–H groups in total. The Morgan fingerprint density at radius 1 is 1.00 bits per heavy atom. The van der Waals surface area contributed by atoms with Crippen molar-refractivity contribution in [3.05, 3.63) is 63.9 Å². The van der Waals surface area contributed by atoms with E-state index in [1.165, 1.54) is 6.20 Å². The van der Waals surface area contributed by atoms with Gasteiger partial charge >= 0.3 is 0 Å². The molecule has 0 aliphatic carbocycles. The zero-order valence-electron chi connectivity index (χ0n) is 9.99. The van der Waals surface area contributed by atoms with E-state index < -0.39 is 0 Å². The van der Waals surface area contributed by atoms with Crippen LogP contribution in [0.1, 0.15) is 11.4 Å². The average molecular weight is 322 g/mol. The highest BCUT2D eigenvalue weighted by Gasteiger charge is 1.91. The highest BCUT2D eigenvalue weighted by molar-refractivity contribution is 9.10. The Morgan fingerprint density at radius 3 is 1.95 bits per heavy atom. The number of aliphatic hydroxyl groups excluding tert-OH is 2. The third-order valence-corrected chi connectivity index (χ3v) is 2.52. The lowest BCUT2D eigenvalue weighted by atomic mass is 10.3. The number of hydrogen-bond acceptors (Lipinski definition) is 4. The van der Waals surface area contributed by atoms with Crippen LogP contribution in [0.2, 0.25) is 0 Å². The number of aromatic nitrogens is 2. The lowest BCUT2D eigenvalue weighted by molar-refractivity contribution is 0.276. The maximum Gasteiger partial charge on any atom is 0.205 e. The molecule has 2 aromatic heterocycles. The molecule has 19 heavy (non-hydrogen) atoms. The van der Waals surface area contributed by atoms with Crippen molar-refractivity contribution in [1.29, 1.82) is 0 Å². The highest BCUT2D eigenvalue weighted by atomic mass is 79.9. The molecule has 0 saturated carbocycles. The third kappa shape index (κ3) is 5.57. The van der Waals surface area contributed by atoms with Gasteiger partial charge in [-0.25, -0.2) is 4.85 Å². The zero-order chi connectivity index (χ0) is 14.1. The highest BCUT2D eigenvalue weighted by Crippen LogP contribution is 2.08. The van der Waals surface area contributed by atoms with E-state index in [9.17, 15) is 0 Å². The largest absolute Gasteiger partial charge is 0.390 e. The maximum absolute atomic E-state index is 8.56. The van der Waals surface area contributed by atoms with Gasteiger partial charge in [0.2, 0.25) is 5.69 Å². The van der Waals surface area contributed by atoms with Crippen molar-refractivity contribution in [3.63, 3.8) is 0 Å². The molecule has 2 heterocycles. The van der Waals surface area contributed by atoms with Crippen LogP contribution >= 0.6 is 15.9 Å². The zero-order valence-corrected chi connectivity index (χ0v) is 11.6. The van der Waals surface area contributed by atoms with Crippen molar-refractivity contribution < 1.29 is 10.2 Å². The lowest BCUT2D eigenvalue weighted by Crippen LogP contribution is -1.85. The number of aliphatic hydroxyl groups is 2. The number of hydrogen-bond donors (Lipinski definition) is 2. The van der Waals surface area contributed by atoms with Gasteiger partial charge in [0.05, 0.1) is 31.2 Å². The van der Waals surface area contributed by atoms with E-state index in [1.807, 2.05) is 6.07 Å². The van der Waals surface area contributed by atoms with E-state index in [1.54, 1.807) is 24.4 Å². The van der Waals surface area contributed by atoms with E-state index in [0.29, 0.717) is 17.1 Å². The maximum atomic E-state index is 8.56. The minimum atomic E-state index is -0.0712. The minimum absolute atomic E-state index is 0.00722. The molecule has 0 aliphatic heterocycles. The smallest absolute Gasteiger partial charge is 0.205 e. The minimum Gasteiger partial charge on any atom is -0.390 e. The third-order valence-electron chi connectivity index (χ3n) is 2.05. The topological polar surface area (TPSA) is 70.6 Å². The van der Waals surface area contributed by atoms with Gasteiger partial charge in [-0.05, 0) is 34.1 Å². The van der Waals surface area contributed by atoms with Gasteiger partial charge in [0.15, 0.2) is 0 Å². The van der Waals surface area contributed by atoms with Crippen LogP contribution in [-0.4, -0.2) is 20.2 Å². The van der Waals surface area contributed by atoms with Crippen molar-refractivity contribution in [2.24, 2.45) is 0 Å². The molecule has 5 nitrogen and oxygen atoms in total. The predicted octanol–water partition coefficient (Wildman–Crippen LogP) is 2.46. The SMILES string of the molecule is OCc1ccc(Br)cn1.[C-]#[N+]c1ccc(CO)nc1. The molecule has 0 spiro atoms. The van der Waals surface area contributed by atoms with Crippen molar-refractivity contribution in [1.82, 2.24) is 9.97 Å². The van der Waals surface area contributed by atoms with Crippen molar-refractivity contribution in [3.8, 4) is 0 Å². The molecule has 0 fully saturated rings. The van der Waals surface area contributed by atoms with E-state index in [2.05, 4.69) is 30.7 Å². The van der Waals surface area contributed by atoms with E-state index in [-0.39, 0.29) is 13.2 Å². The van der Waals surface area contributed by atoms with Crippen LogP contribution in [0.3, 0.4) is 0 Å². The summed E-state index contributed by atoms with van der Waals surface area (Å²) in [5, 5.41) is 17.1.